The summed E-state index contributed by atoms with van der Waals surface area (Å²) in [6, 6.07) is 21.6. The van der Waals surface area contributed by atoms with E-state index in [1.807, 2.05) is 24.3 Å². The van der Waals surface area contributed by atoms with Gasteiger partial charge in [0.1, 0.15) is 5.75 Å². The van der Waals surface area contributed by atoms with Crippen LogP contribution in [0.25, 0.3) is 10.8 Å². The number of esters is 1. The van der Waals surface area contributed by atoms with Crippen molar-refractivity contribution in [3.05, 3.63) is 111 Å². The van der Waals surface area contributed by atoms with E-state index < -0.39 is 17.8 Å². The first kappa shape index (κ1) is 26.2. The van der Waals surface area contributed by atoms with Crippen LogP contribution in [-0.4, -0.2) is 30.5 Å². The second kappa shape index (κ2) is 11.9. The number of carbonyl (C=O) groups excluding carboxylic acids is 3. The molecule has 4 aromatic carbocycles. The van der Waals surface area contributed by atoms with E-state index in [0.717, 1.165) is 10.8 Å². The van der Waals surface area contributed by atoms with Crippen LogP contribution in [0.1, 0.15) is 26.3 Å². The average Bonchev–Trinajstić information content (AvgIpc) is 2.88. The fourth-order valence-corrected chi connectivity index (χ4v) is 4.08. The Balaban J connectivity index is 1.49. The van der Waals surface area contributed by atoms with Gasteiger partial charge in [-0.25, -0.2) is 10.2 Å². The zero-order chi connectivity index (χ0) is 26.4. The third kappa shape index (κ3) is 6.65. The Hall–Kier alpha value is -3.91. The van der Waals surface area contributed by atoms with Crippen molar-refractivity contribution in [2.75, 3.05) is 6.54 Å². The fourth-order valence-electron chi connectivity index (χ4n) is 3.41. The number of nitrogens with one attached hydrogen (secondary N) is 2. The van der Waals surface area contributed by atoms with Gasteiger partial charge in [0.2, 0.25) is 0 Å². The molecule has 0 radical (unpaired) electrons. The molecule has 0 unspecified atom stereocenters. The molecule has 0 aliphatic carbocycles. The molecule has 0 aromatic heterocycles. The van der Waals surface area contributed by atoms with Gasteiger partial charge < -0.3 is 10.1 Å². The number of amides is 2. The smallest absolute Gasteiger partial charge is 0.345 e. The maximum absolute atomic E-state index is 12.8. The molecule has 0 bridgehead atoms. The number of hydrogen-bond acceptors (Lipinski definition) is 5. The van der Waals surface area contributed by atoms with Crippen LogP contribution in [0, 0.1) is 0 Å². The molecule has 4 aromatic rings. The van der Waals surface area contributed by atoms with Crippen molar-refractivity contribution in [1.29, 1.82) is 0 Å². The summed E-state index contributed by atoms with van der Waals surface area (Å²) >= 11 is 18.0. The second-order valence-corrected chi connectivity index (χ2v) is 8.98. The van der Waals surface area contributed by atoms with Gasteiger partial charge in [0.25, 0.3) is 11.8 Å². The van der Waals surface area contributed by atoms with E-state index in [-0.39, 0.29) is 22.9 Å². The summed E-state index contributed by atoms with van der Waals surface area (Å²) in [5, 5.41) is 9.05. The van der Waals surface area contributed by atoms with Crippen molar-refractivity contribution in [3.63, 3.8) is 0 Å². The van der Waals surface area contributed by atoms with Gasteiger partial charge in [-0.1, -0.05) is 71.2 Å². The highest BCUT2D eigenvalue weighted by atomic mass is 35.5. The topological polar surface area (TPSA) is 96.9 Å². The molecule has 0 spiro atoms. The van der Waals surface area contributed by atoms with Gasteiger partial charge in [0.15, 0.2) is 0 Å². The fraction of sp³-hybridized carbons (Fsp3) is 0.0370. The van der Waals surface area contributed by atoms with Crippen molar-refractivity contribution in [2.24, 2.45) is 5.10 Å². The van der Waals surface area contributed by atoms with Gasteiger partial charge in [0, 0.05) is 21.2 Å². The first-order valence-electron chi connectivity index (χ1n) is 10.9. The van der Waals surface area contributed by atoms with Crippen LogP contribution in [0.5, 0.6) is 5.75 Å². The zero-order valence-corrected chi connectivity index (χ0v) is 21.3. The molecule has 2 amide bonds. The number of hydrazone groups is 1. The monoisotopic (exact) mass is 553 g/mol. The van der Waals surface area contributed by atoms with E-state index in [0.29, 0.717) is 21.2 Å². The van der Waals surface area contributed by atoms with Crippen molar-refractivity contribution < 1.29 is 19.1 Å². The molecule has 10 heteroatoms. The maximum Gasteiger partial charge on any atom is 0.345 e. The van der Waals surface area contributed by atoms with Crippen LogP contribution in [0.2, 0.25) is 15.1 Å². The second-order valence-electron chi connectivity index (χ2n) is 7.70. The van der Waals surface area contributed by atoms with Crippen molar-refractivity contribution >= 4 is 69.6 Å². The predicted molar refractivity (Wildman–Crippen MR) is 145 cm³/mol. The number of nitrogens with zero attached hydrogens (tertiary/aromatic N) is 1. The lowest BCUT2D eigenvalue weighted by Crippen LogP contribution is -2.34. The van der Waals surface area contributed by atoms with E-state index >= 15 is 0 Å². The molecule has 4 rings (SSSR count). The standard InChI is InChI=1S/C27H18Cl3N3O4/c28-18-6-3-5-17(12-18)26(35)31-15-25(34)33-32-14-22-20-7-2-1-4-16(20)8-11-24(22)37-27(36)21-10-9-19(29)13-23(21)30/h1-14H,15H2,(H,31,35)(H,33,34). The predicted octanol–water partition coefficient (Wildman–Crippen LogP) is 5.90. The van der Waals surface area contributed by atoms with Gasteiger partial charge in [-0.2, -0.15) is 5.10 Å². The normalized spacial score (nSPS) is 10.9. The first-order chi connectivity index (χ1) is 17.8. The molecule has 0 aliphatic rings. The molecule has 0 atom stereocenters. The van der Waals surface area contributed by atoms with E-state index in [1.54, 1.807) is 30.3 Å². The summed E-state index contributed by atoms with van der Waals surface area (Å²) in [4.78, 5) is 37.2. The summed E-state index contributed by atoms with van der Waals surface area (Å²) in [6.45, 7) is -0.310. The molecule has 7 nitrogen and oxygen atoms in total. The largest absolute Gasteiger partial charge is 0.422 e. The highest BCUT2D eigenvalue weighted by Crippen LogP contribution is 2.29. The summed E-state index contributed by atoms with van der Waals surface area (Å²) in [5.41, 5.74) is 3.28. The maximum atomic E-state index is 12.8. The minimum atomic E-state index is -0.681. The number of rotatable bonds is 7. The molecule has 0 aliphatic heterocycles. The number of hydrogen-bond donors (Lipinski definition) is 2. The Morgan fingerprint density at radius 3 is 2.43 bits per heavy atom. The summed E-state index contributed by atoms with van der Waals surface area (Å²) in [6.07, 6.45) is 1.37. The quantitative estimate of drug-likeness (QED) is 0.129. The van der Waals surface area contributed by atoms with E-state index in [4.69, 9.17) is 39.5 Å². The van der Waals surface area contributed by atoms with Gasteiger partial charge in [-0.3, -0.25) is 9.59 Å². The van der Waals surface area contributed by atoms with Crippen molar-refractivity contribution in [2.45, 2.75) is 0 Å². The van der Waals surface area contributed by atoms with Gasteiger partial charge in [-0.05, 0) is 53.2 Å². The molecule has 0 saturated heterocycles. The highest BCUT2D eigenvalue weighted by Gasteiger charge is 2.16. The molecule has 0 heterocycles. The Morgan fingerprint density at radius 1 is 0.865 bits per heavy atom. The van der Waals surface area contributed by atoms with Crippen LogP contribution in [0.3, 0.4) is 0 Å². The van der Waals surface area contributed by atoms with E-state index in [2.05, 4.69) is 15.8 Å². The van der Waals surface area contributed by atoms with Crippen molar-refractivity contribution in [1.82, 2.24) is 10.7 Å². The third-order valence-corrected chi connectivity index (χ3v) is 5.95. The lowest BCUT2D eigenvalue weighted by Gasteiger charge is -2.11. The van der Waals surface area contributed by atoms with Crippen LogP contribution < -0.4 is 15.5 Å². The van der Waals surface area contributed by atoms with E-state index in [9.17, 15) is 14.4 Å². The Labute approximate surface area is 227 Å². The van der Waals surface area contributed by atoms with Crippen LogP contribution in [-0.2, 0) is 4.79 Å². The van der Waals surface area contributed by atoms with Gasteiger partial charge in [-0.15, -0.1) is 0 Å². The summed E-state index contributed by atoms with van der Waals surface area (Å²) < 4.78 is 5.62. The Kier molecular flexibility index (Phi) is 8.40. The molecule has 0 fully saturated rings. The summed E-state index contributed by atoms with van der Waals surface area (Å²) in [5.74, 6) is -1.48. The minimum Gasteiger partial charge on any atom is -0.422 e. The number of benzene rings is 4. The van der Waals surface area contributed by atoms with Gasteiger partial charge in [0.05, 0.1) is 23.3 Å². The number of fused-ring (bicyclic) bond motifs is 1. The molecule has 37 heavy (non-hydrogen) atoms. The minimum absolute atomic E-state index is 0.144. The third-order valence-electron chi connectivity index (χ3n) is 5.16. The molecule has 0 saturated carbocycles. The molecular weight excluding hydrogens is 537 g/mol. The van der Waals surface area contributed by atoms with Gasteiger partial charge >= 0.3 is 5.97 Å². The van der Waals surface area contributed by atoms with Crippen LogP contribution >= 0.6 is 34.8 Å². The molecular formula is C27H18Cl3N3O4. The number of carbonyl (C=O) groups is 3. The Bertz CT molecular complexity index is 1540. The number of ether oxygens (including phenoxy) is 1. The molecule has 2 N–H and O–H groups in total. The molecule has 186 valence electrons. The lowest BCUT2D eigenvalue weighted by molar-refractivity contribution is -0.120. The zero-order valence-electron chi connectivity index (χ0n) is 19.0. The highest BCUT2D eigenvalue weighted by molar-refractivity contribution is 6.36. The van der Waals surface area contributed by atoms with Crippen LogP contribution in [0.4, 0.5) is 0 Å². The Morgan fingerprint density at radius 2 is 1.65 bits per heavy atom. The number of halogens is 3. The SMILES string of the molecule is O=C(CNC(=O)c1cccc(Cl)c1)NN=Cc1c(OC(=O)c2ccc(Cl)cc2Cl)ccc2ccccc12. The lowest BCUT2D eigenvalue weighted by atomic mass is 10.0. The summed E-state index contributed by atoms with van der Waals surface area (Å²) in [7, 11) is 0. The van der Waals surface area contributed by atoms with E-state index in [1.165, 1.54) is 30.5 Å². The van der Waals surface area contributed by atoms with Crippen LogP contribution in [0.15, 0.2) is 84.0 Å². The first-order valence-corrected chi connectivity index (χ1v) is 12.0. The van der Waals surface area contributed by atoms with Crippen molar-refractivity contribution in [3.8, 4) is 5.75 Å². The average molecular weight is 555 g/mol.